The van der Waals surface area contributed by atoms with Crippen molar-refractivity contribution in [2.45, 2.75) is 0 Å². The molecular formula is C22H15N5O4. The summed E-state index contributed by atoms with van der Waals surface area (Å²) in [5.41, 5.74) is 1.58. The van der Waals surface area contributed by atoms with Crippen molar-refractivity contribution >= 4 is 28.5 Å². The van der Waals surface area contributed by atoms with Crippen LogP contribution in [0.1, 0.15) is 15.9 Å². The van der Waals surface area contributed by atoms with Gasteiger partial charge in [-0.3, -0.25) is 4.79 Å². The van der Waals surface area contributed by atoms with Gasteiger partial charge in [-0.25, -0.2) is 14.8 Å². The average molecular weight is 413 g/mol. The Hall–Kier alpha value is -4.71. The van der Waals surface area contributed by atoms with Crippen LogP contribution in [-0.2, 0) is 4.74 Å². The molecule has 4 rings (SSSR count). The first kappa shape index (κ1) is 19.6. The zero-order valence-corrected chi connectivity index (χ0v) is 16.2. The predicted octanol–water partition coefficient (Wildman–Crippen LogP) is 3.10. The summed E-state index contributed by atoms with van der Waals surface area (Å²) in [5, 5.41) is 22.2. The number of nitrogens with one attached hydrogen (secondary N) is 1. The Kier molecular flexibility index (Phi) is 5.03. The fraction of sp³-hybridized carbons (Fsp3) is 0.0455. The summed E-state index contributed by atoms with van der Waals surface area (Å²) in [5.74, 6) is -0.923. The number of esters is 1. The highest BCUT2D eigenvalue weighted by Crippen LogP contribution is 2.28. The summed E-state index contributed by atoms with van der Waals surface area (Å²) >= 11 is 0. The molecule has 0 radical (unpaired) electrons. The van der Waals surface area contributed by atoms with Crippen LogP contribution in [0.25, 0.3) is 22.3 Å². The van der Waals surface area contributed by atoms with Crippen molar-refractivity contribution in [2.24, 2.45) is 0 Å². The topological polar surface area (TPSA) is 130 Å². The second-order valence-corrected chi connectivity index (χ2v) is 6.48. The Labute approximate surface area is 175 Å². The fourth-order valence-electron chi connectivity index (χ4n) is 3.16. The Bertz CT molecular complexity index is 1400. The molecule has 0 bridgehead atoms. The van der Waals surface area contributed by atoms with Crippen LogP contribution in [0, 0.1) is 11.3 Å². The highest BCUT2D eigenvalue weighted by Gasteiger charge is 2.24. The second kappa shape index (κ2) is 7.96. The average Bonchev–Trinajstić information content (AvgIpc) is 2.82. The lowest BCUT2D eigenvalue weighted by Crippen LogP contribution is -2.28. The van der Waals surface area contributed by atoms with Gasteiger partial charge in [0.1, 0.15) is 5.52 Å². The van der Waals surface area contributed by atoms with Gasteiger partial charge in [0, 0.05) is 18.1 Å². The zero-order chi connectivity index (χ0) is 22.0. The number of methoxy groups -OCH3 is 1. The monoisotopic (exact) mass is 413 g/mol. The van der Waals surface area contributed by atoms with Crippen molar-refractivity contribution < 1.29 is 14.7 Å². The van der Waals surface area contributed by atoms with E-state index in [1.54, 1.807) is 30.3 Å². The van der Waals surface area contributed by atoms with E-state index in [-0.39, 0.29) is 21.6 Å². The van der Waals surface area contributed by atoms with Gasteiger partial charge < -0.3 is 15.3 Å². The van der Waals surface area contributed by atoms with Gasteiger partial charge in [-0.05, 0) is 35.4 Å². The molecule has 152 valence electrons. The van der Waals surface area contributed by atoms with Crippen molar-refractivity contribution in [1.82, 2.24) is 14.7 Å². The molecule has 0 atom stereocenters. The molecule has 0 unspecified atom stereocenters. The predicted molar refractivity (Wildman–Crippen MR) is 112 cm³/mol. The molecule has 0 aliphatic heterocycles. The molecule has 2 aromatic carbocycles. The van der Waals surface area contributed by atoms with Crippen LogP contribution in [0.3, 0.4) is 0 Å². The summed E-state index contributed by atoms with van der Waals surface area (Å²) in [7, 11) is 1.14. The molecule has 0 aliphatic rings. The SMILES string of the molecule is COC(=O)c1c(Nc2ccc(-c3cccc(C#N)c3)cc2)c2nccnc2n(O)c1=O. The normalized spacial score (nSPS) is 10.5. The van der Waals surface area contributed by atoms with E-state index in [1.165, 1.54) is 12.4 Å². The number of hydrogen-bond donors (Lipinski definition) is 2. The molecule has 2 heterocycles. The molecule has 0 saturated heterocycles. The Balaban J connectivity index is 1.80. The van der Waals surface area contributed by atoms with E-state index >= 15 is 0 Å². The minimum Gasteiger partial charge on any atom is -0.465 e. The van der Waals surface area contributed by atoms with E-state index in [4.69, 9.17) is 10.00 Å². The van der Waals surface area contributed by atoms with Crippen LogP contribution in [0.4, 0.5) is 11.4 Å². The van der Waals surface area contributed by atoms with Crippen LogP contribution < -0.4 is 10.9 Å². The quantitative estimate of drug-likeness (QED) is 0.386. The molecule has 4 aromatic rings. The number of rotatable bonds is 4. The van der Waals surface area contributed by atoms with Gasteiger partial charge in [0.05, 0.1) is 24.4 Å². The van der Waals surface area contributed by atoms with E-state index in [2.05, 4.69) is 21.4 Å². The Morgan fingerprint density at radius 1 is 1.13 bits per heavy atom. The van der Waals surface area contributed by atoms with Crippen LogP contribution in [0.2, 0.25) is 0 Å². The van der Waals surface area contributed by atoms with Crippen molar-refractivity contribution in [2.75, 3.05) is 12.4 Å². The van der Waals surface area contributed by atoms with Crippen molar-refractivity contribution in [3.63, 3.8) is 0 Å². The number of aromatic nitrogens is 3. The minimum atomic E-state index is -0.979. The standard InChI is InChI=1S/C22H15N5O4/c1-31-22(29)17-18(19-20(25-10-9-24-19)27(30)21(17)28)26-16-7-5-14(6-8-16)15-4-2-3-13(11-15)12-23/h2-11,26,30H,1H3. The first-order valence-electron chi connectivity index (χ1n) is 9.08. The first-order valence-corrected chi connectivity index (χ1v) is 9.08. The number of benzene rings is 2. The van der Waals surface area contributed by atoms with Crippen LogP contribution >= 0.6 is 0 Å². The number of nitriles is 1. The highest BCUT2D eigenvalue weighted by atomic mass is 16.5. The number of carbonyl (C=O) groups excluding carboxylic acids is 1. The van der Waals surface area contributed by atoms with Gasteiger partial charge in [0.15, 0.2) is 5.56 Å². The first-order chi connectivity index (χ1) is 15.0. The van der Waals surface area contributed by atoms with Gasteiger partial charge in [0.25, 0.3) is 0 Å². The Morgan fingerprint density at radius 3 is 2.58 bits per heavy atom. The Morgan fingerprint density at radius 2 is 1.87 bits per heavy atom. The number of fused-ring (bicyclic) bond motifs is 1. The summed E-state index contributed by atoms with van der Waals surface area (Å²) < 4.78 is 4.99. The number of hydrogen-bond acceptors (Lipinski definition) is 8. The lowest BCUT2D eigenvalue weighted by atomic mass is 10.0. The largest absolute Gasteiger partial charge is 0.465 e. The molecule has 0 saturated carbocycles. The summed E-state index contributed by atoms with van der Waals surface area (Å²) in [6, 6.07) is 16.5. The number of anilines is 2. The molecule has 9 nitrogen and oxygen atoms in total. The summed E-state index contributed by atoms with van der Waals surface area (Å²) in [4.78, 5) is 33.0. The second-order valence-electron chi connectivity index (χ2n) is 6.48. The smallest absolute Gasteiger partial charge is 0.345 e. The third-order valence-corrected chi connectivity index (χ3v) is 4.64. The van der Waals surface area contributed by atoms with Crippen molar-refractivity contribution in [3.05, 3.63) is 82.4 Å². The van der Waals surface area contributed by atoms with Gasteiger partial charge in [-0.2, -0.15) is 5.26 Å². The lowest BCUT2D eigenvalue weighted by molar-refractivity contribution is 0.0594. The van der Waals surface area contributed by atoms with Crippen molar-refractivity contribution in [1.29, 1.82) is 5.26 Å². The van der Waals surface area contributed by atoms with E-state index in [1.807, 2.05) is 18.2 Å². The molecule has 2 N–H and O–H groups in total. The molecule has 31 heavy (non-hydrogen) atoms. The van der Waals surface area contributed by atoms with Gasteiger partial charge in [-0.15, -0.1) is 4.73 Å². The third kappa shape index (κ3) is 3.54. The van der Waals surface area contributed by atoms with E-state index in [9.17, 15) is 14.8 Å². The zero-order valence-electron chi connectivity index (χ0n) is 16.2. The minimum absolute atomic E-state index is 0.0736. The van der Waals surface area contributed by atoms with Gasteiger partial charge >= 0.3 is 11.5 Å². The summed E-state index contributed by atoms with van der Waals surface area (Å²) in [6.45, 7) is 0. The van der Waals surface area contributed by atoms with Crippen LogP contribution in [0.5, 0.6) is 0 Å². The lowest BCUT2D eigenvalue weighted by Gasteiger charge is -2.14. The van der Waals surface area contributed by atoms with Crippen LogP contribution in [0.15, 0.2) is 65.7 Å². The number of pyridine rings is 1. The number of ether oxygens (including phenoxy) is 1. The van der Waals surface area contributed by atoms with E-state index in [0.717, 1.165) is 18.2 Å². The maximum Gasteiger partial charge on any atom is 0.345 e. The molecular weight excluding hydrogens is 398 g/mol. The molecule has 0 amide bonds. The highest BCUT2D eigenvalue weighted by molar-refractivity contribution is 6.03. The molecule has 0 spiro atoms. The molecule has 9 heteroatoms. The van der Waals surface area contributed by atoms with Gasteiger partial charge in [-0.1, -0.05) is 24.3 Å². The van der Waals surface area contributed by atoms with Gasteiger partial charge in [0.2, 0.25) is 5.65 Å². The molecule has 2 aromatic heterocycles. The number of nitrogens with zero attached hydrogens (tertiary/aromatic N) is 4. The maximum atomic E-state index is 12.6. The van der Waals surface area contributed by atoms with E-state index in [0.29, 0.717) is 11.3 Å². The number of carbonyl (C=O) groups is 1. The van der Waals surface area contributed by atoms with Crippen molar-refractivity contribution in [3.8, 4) is 17.2 Å². The summed E-state index contributed by atoms with van der Waals surface area (Å²) in [6.07, 6.45) is 2.70. The maximum absolute atomic E-state index is 12.6. The fourth-order valence-corrected chi connectivity index (χ4v) is 3.16. The third-order valence-electron chi connectivity index (χ3n) is 4.64. The molecule has 0 fully saturated rings. The van der Waals surface area contributed by atoms with E-state index < -0.39 is 17.1 Å². The van der Waals surface area contributed by atoms with Crippen LogP contribution in [-0.4, -0.2) is 33.0 Å². The molecule has 0 aliphatic carbocycles.